The highest BCUT2D eigenvalue weighted by Gasteiger charge is 2.53. The van der Waals surface area contributed by atoms with Crippen molar-refractivity contribution in [3.05, 3.63) is 29.8 Å². The largest absolute Gasteiger partial charge is 0.492 e. The van der Waals surface area contributed by atoms with Crippen molar-refractivity contribution in [1.29, 1.82) is 5.26 Å². The average Bonchev–Trinajstić information content (AvgIpc) is 2.69. The van der Waals surface area contributed by atoms with Crippen LogP contribution < -0.4 is 4.74 Å². The van der Waals surface area contributed by atoms with E-state index < -0.39 is 11.0 Å². The highest BCUT2D eigenvalue weighted by atomic mass is 16.5. The SMILES string of the molecule is CC1CCCC(O)(C2(C#N)COc3ccccc3C2)CC1. The van der Waals surface area contributed by atoms with Crippen LogP contribution in [0.25, 0.3) is 0 Å². The number of benzene rings is 1. The molecule has 21 heavy (non-hydrogen) atoms. The molecule has 0 amide bonds. The summed E-state index contributed by atoms with van der Waals surface area (Å²) in [6, 6.07) is 10.3. The number of aliphatic hydroxyl groups is 1. The summed E-state index contributed by atoms with van der Waals surface area (Å²) in [6.45, 7) is 2.53. The molecule has 0 aromatic heterocycles. The molecule has 1 aromatic carbocycles. The molecule has 3 nitrogen and oxygen atoms in total. The van der Waals surface area contributed by atoms with E-state index in [1.165, 1.54) is 0 Å². The summed E-state index contributed by atoms with van der Waals surface area (Å²) in [5.41, 5.74) is -0.707. The smallest absolute Gasteiger partial charge is 0.124 e. The lowest BCUT2D eigenvalue weighted by molar-refractivity contribution is -0.0909. The minimum Gasteiger partial charge on any atom is -0.492 e. The van der Waals surface area contributed by atoms with E-state index in [9.17, 15) is 10.4 Å². The van der Waals surface area contributed by atoms with Gasteiger partial charge in [-0.2, -0.15) is 5.26 Å². The van der Waals surface area contributed by atoms with Gasteiger partial charge in [0, 0.05) is 6.42 Å². The second kappa shape index (κ2) is 5.35. The molecule has 1 fully saturated rings. The highest BCUT2D eigenvalue weighted by Crippen LogP contribution is 2.47. The summed E-state index contributed by atoms with van der Waals surface area (Å²) in [5.74, 6) is 1.49. The summed E-state index contributed by atoms with van der Waals surface area (Å²) < 4.78 is 5.83. The van der Waals surface area contributed by atoms with Crippen molar-refractivity contribution in [2.24, 2.45) is 11.3 Å². The molecule has 1 aliphatic carbocycles. The zero-order valence-corrected chi connectivity index (χ0v) is 12.6. The van der Waals surface area contributed by atoms with Gasteiger partial charge in [-0.15, -0.1) is 0 Å². The summed E-state index contributed by atoms with van der Waals surface area (Å²) >= 11 is 0. The van der Waals surface area contributed by atoms with Gasteiger partial charge in [-0.25, -0.2) is 0 Å². The molecule has 3 heteroatoms. The minimum absolute atomic E-state index is 0.297. The molecule has 0 radical (unpaired) electrons. The van der Waals surface area contributed by atoms with Crippen LogP contribution in [0.2, 0.25) is 0 Å². The normalized spacial score (nSPS) is 36.0. The van der Waals surface area contributed by atoms with Gasteiger partial charge in [0.15, 0.2) is 0 Å². The van der Waals surface area contributed by atoms with Gasteiger partial charge in [-0.3, -0.25) is 0 Å². The Hall–Kier alpha value is -1.53. The summed E-state index contributed by atoms with van der Waals surface area (Å²) in [4.78, 5) is 0. The van der Waals surface area contributed by atoms with Crippen LogP contribution in [0.15, 0.2) is 24.3 Å². The van der Waals surface area contributed by atoms with E-state index in [2.05, 4.69) is 13.0 Å². The molecule has 3 rings (SSSR count). The van der Waals surface area contributed by atoms with Crippen molar-refractivity contribution in [1.82, 2.24) is 0 Å². The van der Waals surface area contributed by atoms with Gasteiger partial charge in [0.2, 0.25) is 0 Å². The number of rotatable bonds is 1. The number of nitrogens with zero attached hydrogens (tertiary/aromatic N) is 1. The van der Waals surface area contributed by atoms with Gasteiger partial charge < -0.3 is 9.84 Å². The summed E-state index contributed by atoms with van der Waals surface area (Å²) in [7, 11) is 0. The molecular formula is C18H23NO2. The highest BCUT2D eigenvalue weighted by molar-refractivity contribution is 5.38. The Morgan fingerprint density at radius 2 is 2.10 bits per heavy atom. The molecule has 3 atom stereocenters. The topological polar surface area (TPSA) is 53.2 Å². The number of hydrogen-bond donors (Lipinski definition) is 1. The Balaban J connectivity index is 1.93. The Labute approximate surface area is 126 Å². The van der Waals surface area contributed by atoms with Crippen molar-refractivity contribution in [2.75, 3.05) is 6.61 Å². The average molecular weight is 285 g/mol. The lowest BCUT2D eigenvalue weighted by Crippen LogP contribution is -2.53. The fourth-order valence-corrected chi connectivity index (χ4v) is 3.82. The number of para-hydroxylation sites is 1. The molecule has 2 aliphatic rings. The lowest BCUT2D eigenvalue weighted by Gasteiger charge is -2.44. The van der Waals surface area contributed by atoms with Gasteiger partial charge in [0.05, 0.1) is 11.7 Å². The summed E-state index contributed by atoms with van der Waals surface area (Å²) in [6.07, 6.45) is 5.11. The van der Waals surface area contributed by atoms with Crippen LogP contribution in [-0.2, 0) is 6.42 Å². The third kappa shape index (κ3) is 2.42. The Morgan fingerprint density at radius 3 is 2.90 bits per heavy atom. The van der Waals surface area contributed by atoms with Crippen molar-refractivity contribution >= 4 is 0 Å². The molecule has 1 heterocycles. The first kappa shape index (κ1) is 14.4. The fraction of sp³-hybridized carbons (Fsp3) is 0.611. The number of ether oxygens (including phenoxy) is 1. The van der Waals surface area contributed by atoms with Crippen molar-refractivity contribution < 1.29 is 9.84 Å². The van der Waals surface area contributed by atoms with Gasteiger partial charge in [0.25, 0.3) is 0 Å². The predicted octanol–water partition coefficient (Wildman–Crippen LogP) is 3.46. The molecule has 1 N–H and O–H groups in total. The minimum atomic E-state index is -0.931. The Morgan fingerprint density at radius 1 is 1.29 bits per heavy atom. The van der Waals surface area contributed by atoms with E-state index in [1.807, 2.05) is 24.3 Å². The van der Waals surface area contributed by atoms with Crippen LogP contribution in [0.1, 0.15) is 44.6 Å². The monoisotopic (exact) mass is 285 g/mol. The molecule has 3 unspecified atom stereocenters. The first-order valence-electron chi connectivity index (χ1n) is 7.93. The van der Waals surface area contributed by atoms with Gasteiger partial charge in [-0.05, 0) is 36.8 Å². The second-order valence-corrected chi connectivity index (χ2v) is 6.83. The van der Waals surface area contributed by atoms with Gasteiger partial charge in [-0.1, -0.05) is 38.0 Å². The van der Waals surface area contributed by atoms with Crippen molar-refractivity contribution in [3.8, 4) is 11.8 Å². The summed E-state index contributed by atoms with van der Waals surface area (Å²) in [5, 5.41) is 21.1. The van der Waals surface area contributed by atoms with Crippen LogP contribution in [0.3, 0.4) is 0 Å². The van der Waals surface area contributed by atoms with E-state index in [-0.39, 0.29) is 0 Å². The molecule has 0 saturated heterocycles. The first-order valence-corrected chi connectivity index (χ1v) is 7.93. The van der Waals surface area contributed by atoms with E-state index in [0.717, 1.165) is 30.6 Å². The number of fused-ring (bicyclic) bond motifs is 1. The van der Waals surface area contributed by atoms with Crippen molar-refractivity contribution in [2.45, 2.75) is 51.0 Å². The maximum Gasteiger partial charge on any atom is 0.124 e. The third-order valence-corrected chi connectivity index (χ3v) is 5.38. The molecule has 1 aliphatic heterocycles. The lowest BCUT2D eigenvalue weighted by atomic mass is 9.65. The van der Waals surface area contributed by atoms with E-state index in [1.54, 1.807) is 0 Å². The Kier molecular flexibility index (Phi) is 3.67. The van der Waals surface area contributed by atoms with Crippen LogP contribution in [0, 0.1) is 22.7 Å². The maximum atomic E-state index is 11.3. The van der Waals surface area contributed by atoms with Crippen LogP contribution >= 0.6 is 0 Å². The van der Waals surface area contributed by atoms with Gasteiger partial charge in [0.1, 0.15) is 17.8 Å². The third-order valence-electron chi connectivity index (χ3n) is 5.38. The maximum absolute atomic E-state index is 11.3. The van der Waals surface area contributed by atoms with Crippen LogP contribution in [0.5, 0.6) is 5.75 Å². The van der Waals surface area contributed by atoms with Crippen molar-refractivity contribution in [3.63, 3.8) is 0 Å². The number of nitriles is 1. The predicted molar refractivity (Wildman–Crippen MR) is 80.9 cm³/mol. The van der Waals surface area contributed by atoms with Gasteiger partial charge >= 0.3 is 0 Å². The van der Waals surface area contributed by atoms with E-state index >= 15 is 0 Å². The van der Waals surface area contributed by atoms with E-state index in [4.69, 9.17) is 4.74 Å². The molecular weight excluding hydrogens is 262 g/mol. The number of hydrogen-bond acceptors (Lipinski definition) is 3. The zero-order valence-electron chi connectivity index (χ0n) is 12.6. The molecule has 112 valence electrons. The van der Waals surface area contributed by atoms with Crippen LogP contribution in [0.4, 0.5) is 0 Å². The fourth-order valence-electron chi connectivity index (χ4n) is 3.82. The molecule has 1 aromatic rings. The molecule has 0 bridgehead atoms. The second-order valence-electron chi connectivity index (χ2n) is 6.83. The molecule has 1 saturated carbocycles. The zero-order chi connectivity index (χ0) is 14.9. The quantitative estimate of drug-likeness (QED) is 0.804. The molecule has 0 spiro atoms. The standard InChI is InChI=1S/C18H23NO2/c1-14-5-4-9-18(20,10-8-14)17(12-19)11-15-6-2-3-7-16(15)21-13-17/h2-3,6-7,14,20H,4-5,8-11,13H2,1H3. The first-order chi connectivity index (χ1) is 10.1. The van der Waals surface area contributed by atoms with Crippen LogP contribution in [-0.4, -0.2) is 17.3 Å². The van der Waals surface area contributed by atoms with E-state index in [0.29, 0.717) is 31.8 Å². The Bertz CT molecular complexity index is 565.